The lowest BCUT2D eigenvalue weighted by molar-refractivity contribution is -0.137. The minimum Gasteiger partial charge on any atom is -0.508 e. The number of ether oxygens (including phenoxy) is 3. The molecule has 6 aromatic rings. The summed E-state index contributed by atoms with van der Waals surface area (Å²) in [6.07, 6.45) is -10.5. The highest BCUT2D eigenvalue weighted by Crippen LogP contribution is 2.64. The molecule has 0 saturated heterocycles. The number of aliphatic hydroxyl groups excluding tert-OH is 3. The van der Waals surface area contributed by atoms with Crippen molar-refractivity contribution in [1.29, 1.82) is 0 Å². The van der Waals surface area contributed by atoms with E-state index in [0.717, 1.165) is 72.4 Å². The summed E-state index contributed by atoms with van der Waals surface area (Å²) >= 11 is 0.754. The van der Waals surface area contributed by atoms with E-state index in [2.05, 4.69) is 0 Å². The number of hydrogen-bond donors (Lipinski definition) is 17. The fourth-order valence-corrected chi connectivity index (χ4v) is 10.7. The van der Waals surface area contributed by atoms with Crippen LogP contribution in [0.15, 0.2) is 78.9 Å². The Labute approximate surface area is 398 Å². The molecule has 3 heterocycles. The van der Waals surface area contributed by atoms with Gasteiger partial charge in [0.2, 0.25) is 0 Å². The third-order valence-corrected chi connectivity index (χ3v) is 14.1. The Hall–Kier alpha value is -8.02. The monoisotopic (exact) mass is 985 g/mol. The molecule has 18 N–H and O–H groups in total. The molecule has 366 valence electrons. The van der Waals surface area contributed by atoms with E-state index in [1.54, 1.807) is 0 Å². The third-order valence-electron chi connectivity index (χ3n) is 12.7. The van der Waals surface area contributed by atoms with Crippen LogP contribution in [0.3, 0.4) is 0 Å². The Kier molecular flexibility index (Phi) is 11.8. The van der Waals surface area contributed by atoms with Crippen molar-refractivity contribution >= 4 is 17.7 Å². The second-order valence-electron chi connectivity index (χ2n) is 17.0. The molecule has 10 atom stereocenters. The van der Waals surface area contributed by atoms with Gasteiger partial charge in [0.25, 0.3) is 0 Å². The van der Waals surface area contributed by atoms with Crippen LogP contribution in [0.1, 0.15) is 79.9 Å². The second-order valence-corrected chi connectivity index (χ2v) is 18.2. The Morgan fingerprint density at radius 2 is 0.857 bits per heavy atom. The molecule has 0 saturated carbocycles. The maximum Gasteiger partial charge on any atom is 0.321 e. The fourth-order valence-electron chi connectivity index (χ4n) is 9.42. The standard InChI is InChI=1S/C48H43NO20S/c49-19(48(65)66)14-70-47-36-30(61)13-29(60)35(46(36)69-44(41(47)64)17-3-6-22(53)25(56)9-17)38-34-28(59)12-27(58)33(45(34)68-43(40(38)63)16-2-5-21(52)24(55)8-16)37-32-26(57)10-18(50)11-31(32)67-42(39(37)62)15-1-4-20(51)23(54)7-15/h1-13,19,37-44,47,50-64H,14,49H2,(H,65,66)/t19-,37?,38?,39?,40?,41?,42?,43?,44?,47?/m0/s1. The van der Waals surface area contributed by atoms with Gasteiger partial charge < -0.3 is 102 Å². The number of aliphatic carboxylic acids is 1. The summed E-state index contributed by atoms with van der Waals surface area (Å²) in [6, 6.07) is 12.3. The molecule has 9 unspecified atom stereocenters. The van der Waals surface area contributed by atoms with Crippen molar-refractivity contribution < 1.29 is 101 Å². The van der Waals surface area contributed by atoms with Crippen LogP contribution in [-0.2, 0) is 4.79 Å². The Morgan fingerprint density at radius 1 is 0.471 bits per heavy atom. The maximum absolute atomic E-state index is 12.7. The molecule has 22 heteroatoms. The minimum atomic E-state index is -2.03. The van der Waals surface area contributed by atoms with Gasteiger partial charge in [-0.05, 0) is 53.1 Å². The summed E-state index contributed by atoms with van der Waals surface area (Å²) in [7, 11) is 0. The molecule has 70 heavy (non-hydrogen) atoms. The van der Waals surface area contributed by atoms with E-state index in [1.165, 1.54) is 18.2 Å². The molecule has 6 aromatic carbocycles. The number of phenols is 12. The van der Waals surface area contributed by atoms with E-state index < -0.39 is 163 Å². The summed E-state index contributed by atoms with van der Waals surface area (Å²) in [5, 5.41) is 177. The van der Waals surface area contributed by atoms with E-state index >= 15 is 0 Å². The minimum absolute atomic E-state index is 0.00492. The highest BCUT2D eigenvalue weighted by molar-refractivity contribution is 7.99. The van der Waals surface area contributed by atoms with Crippen molar-refractivity contribution in [3.8, 4) is 86.2 Å². The van der Waals surface area contributed by atoms with Gasteiger partial charge in [0.05, 0.1) is 22.6 Å². The first-order chi connectivity index (χ1) is 33.2. The van der Waals surface area contributed by atoms with E-state index in [0.29, 0.717) is 0 Å². The van der Waals surface area contributed by atoms with Crippen LogP contribution < -0.4 is 19.9 Å². The second kappa shape index (κ2) is 17.5. The van der Waals surface area contributed by atoms with Crippen LogP contribution in [0.5, 0.6) is 86.2 Å². The molecule has 0 amide bonds. The van der Waals surface area contributed by atoms with Gasteiger partial charge in [0.1, 0.15) is 76.1 Å². The normalized spacial score (nSPS) is 23.9. The highest BCUT2D eigenvalue weighted by Gasteiger charge is 2.52. The molecule has 0 spiro atoms. The number of carbonyl (C=O) groups is 1. The third kappa shape index (κ3) is 7.76. The van der Waals surface area contributed by atoms with Crippen LogP contribution >= 0.6 is 11.8 Å². The number of aromatic hydroxyl groups is 12. The van der Waals surface area contributed by atoms with Crippen molar-refractivity contribution in [1.82, 2.24) is 0 Å². The van der Waals surface area contributed by atoms with Crippen LogP contribution in [0.4, 0.5) is 0 Å². The lowest BCUT2D eigenvalue weighted by Gasteiger charge is -2.44. The van der Waals surface area contributed by atoms with Crippen molar-refractivity contribution in [2.75, 3.05) is 5.75 Å². The number of hydrogen-bond acceptors (Lipinski definition) is 21. The highest BCUT2D eigenvalue weighted by atomic mass is 32.2. The number of benzene rings is 6. The number of carboxylic acids is 1. The Morgan fingerprint density at radius 3 is 1.30 bits per heavy atom. The van der Waals surface area contributed by atoms with Crippen LogP contribution in [0, 0.1) is 0 Å². The molecule has 3 aliphatic heterocycles. The molecule has 0 bridgehead atoms. The van der Waals surface area contributed by atoms with Crippen LogP contribution in [0.25, 0.3) is 0 Å². The van der Waals surface area contributed by atoms with Gasteiger partial charge in [-0.3, -0.25) is 4.79 Å². The van der Waals surface area contributed by atoms with Gasteiger partial charge in [-0.15, -0.1) is 11.8 Å². The molecule has 9 rings (SSSR count). The topological polar surface area (TPSA) is 394 Å². The van der Waals surface area contributed by atoms with Crippen LogP contribution in [-0.4, -0.2) is 118 Å². The molecule has 0 aromatic heterocycles. The van der Waals surface area contributed by atoms with Crippen molar-refractivity contribution in [2.45, 2.75) is 59.8 Å². The average molecular weight is 986 g/mol. The van der Waals surface area contributed by atoms with E-state index in [4.69, 9.17) is 19.9 Å². The summed E-state index contributed by atoms with van der Waals surface area (Å²) in [5.74, 6) is -14.7. The number of nitrogens with two attached hydrogens (primary N) is 1. The largest absolute Gasteiger partial charge is 0.508 e. The van der Waals surface area contributed by atoms with Gasteiger partial charge in [-0.25, -0.2) is 0 Å². The molecule has 0 fully saturated rings. The Bertz CT molecular complexity index is 3090. The SMILES string of the molecule is N[C@@H](CSC1c2c(O)cc(O)c(C3c4c(O)cc(O)c(C5c6c(O)cc(O)cc6OC(c6ccc(O)c(O)c6)C5O)c4OC(c4ccc(O)c(O)c4)C3O)c2OC(c2ccc(O)c(O)c2)C1O)C(=O)O. The number of phenolic OH excluding ortho intramolecular Hbond substituents is 12. The maximum atomic E-state index is 12.7. The fraction of sp³-hybridized carbons (Fsp3) is 0.229. The van der Waals surface area contributed by atoms with E-state index in [-0.39, 0.29) is 39.3 Å². The molecular weight excluding hydrogens is 943 g/mol. The van der Waals surface area contributed by atoms with Gasteiger partial charge in [-0.1, -0.05) is 18.2 Å². The number of rotatable bonds is 9. The van der Waals surface area contributed by atoms with E-state index in [1.807, 2.05) is 0 Å². The first-order valence-corrected chi connectivity index (χ1v) is 22.1. The smallest absolute Gasteiger partial charge is 0.321 e. The lowest BCUT2D eigenvalue weighted by atomic mass is 9.73. The molecule has 21 nitrogen and oxygen atoms in total. The first-order valence-electron chi connectivity index (χ1n) is 21.1. The predicted octanol–water partition coefficient (Wildman–Crippen LogP) is 4.09. The van der Waals surface area contributed by atoms with Crippen LogP contribution in [0.2, 0.25) is 0 Å². The zero-order valence-electron chi connectivity index (χ0n) is 35.8. The number of aliphatic hydroxyl groups is 3. The van der Waals surface area contributed by atoms with E-state index in [9.17, 15) is 86.5 Å². The van der Waals surface area contributed by atoms with Gasteiger partial charge in [0.15, 0.2) is 52.8 Å². The predicted molar refractivity (Wildman–Crippen MR) is 241 cm³/mol. The zero-order chi connectivity index (χ0) is 50.4. The molecule has 0 radical (unpaired) electrons. The first kappa shape index (κ1) is 47.1. The summed E-state index contributed by atoms with van der Waals surface area (Å²) in [4.78, 5) is 11.9. The number of carboxylic acid groups (broad SMARTS) is 1. The van der Waals surface area contributed by atoms with Crippen molar-refractivity contribution in [3.05, 3.63) is 123 Å². The summed E-state index contributed by atoms with van der Waals surface area (Å²) < 4.78 is 19.1. The lowest BCUT2D eigenvalue weighted by Crippen LogP contribution is -2.39. The Balaban J connectivity index is 1.33. The summed E-state index contributed by atoms with van der Waals surface area (Å²) in [6.45, 7) is 0. The van der Waals surface area contributed by atoms with Gasteiger partial charge in [0, 0.05) is 52.3 Å². The molecule has 0 aliphatic carbocycles. The van der Waals surface area contributed by atoms with Crippen molar-refractivity contribution in [3.63, 3.8) is 0 Å². The quantitative estimate of drug-likeness (QED) is 0.0907. The molecular formula is C48H43NO20S. The van der Waals surface area contributed by atoms with Gasteiger partial charge in [-0.2, -0.15) is 0 Å². The van der Waals surface area contributed by atoms with Gasteiger partial charge >= 0.3 is 5.97 Å². The zero-order valence-corrected chi connectivity index (χ0v) is 36.6. The average Bonchev–Trinajstić information content (AvgIpc) is 3.29. The molecule has 3 aliphatic rings. The number of thioether (sulfide) groups is 1. The van der Waals surface area contributed by atoms with Crippen molar-refractivity contribution in [2.24, 2.45) is 5.73 Å². The summed E-state index contributed by atoms with van der Waals surface area (Å²) in [5.41, 5.74) is 3.95. The number of fused-ring (bicyclic) bond motifs is 3.